The van der Waals surface area contributed by atoms with E-state index >= 15 is 0 Å². The maximum absolute atomic E-state index is 9.62. The molecule has 0 aliphatic rings. The van der Waals surface area contributed by atoms with E-state index in [1.165, 1.54) is 0 Å². The number of carbonyl (C=O) groups is 1. The minimum absolute atomic E-state index is 0.530. The van der Waals surface area contributed by atoms with E-state index in [0.29, 0.717) is 12.3 Å². The molecule has 0 aliphatic heterocycles. The molecule has 0 atom stereocenters. The van der Waals surface area contributed by atoms with E-state index in [1.54, 1.807) is 0 Å². The van der Waals surface area contributed by atoms with Crippen LogP contribution in [-0.4, -0.2) is 6.29 Å². The van der Waals surface area contributed by atoms with Crippen LogP contribution in [0.3, 0.4) is 0 Å². The van der Waals surface area contributed by atoms with E-state index in [0.717, 1.165) is 6.29 Å². The van der Waals surface area contributed by atoms with Gasteiger partial charge in [-0.2, -0.15) is 0 Å². The quantitative estimate of drug-likeness (QED) is 0.365. The Bertz CT molecular complexity index is 39.2. The molecule has 0 N–H and O–H groups in total. The molecule has 0 radical (unpaired) electrons. The monoisotopic (exact) mass is 87.1 g/mol. The lowest BCUT2D eigenvalue weighted by molar-refractivity contribution is -0.108. The fraction of sp³-hybridized carbons (Fsp3) is 0.800. The third-order valence-electron chi connectivity index (χ3n) is 0.568. The summed E-state index contributed by atoms with van der Waals surface area (Å²) in [5.41, 5.74) is 0. The van der Waals surface area contributed by atoms with Crippen LogP contribution in [0.4, 0.5) is 0 Å². The van der Waals surface area contributed by atoms with Crippen molar-refractivity contribution in [2.45, 2.75) is 20.3 Å². The lowest BCUT2D eigenvalue weighted by Crippen LogP contribution is -1.84. The summed E-state index contributed by atoms with van der Waals surface area (Å²) in [5, 5.41) is 0. The van der Waals surface area contributed by atoms with Crippen LogP contribution in [0.1, 0.15) is 20.3 Å². The Morgan fingerprint density at radius 3 is 2.17 bits per heavy atom. The largest absolute Gasteiger partial charge is 0.303 e. The summed E-state index contributed by atoms with van der Waals surface area (Å²) >= 11 is 0. The highest BCUT2D eigenvalue weighted by molar-refractivity contribution is 5.49. The van der Waals surface area contributed by atoms with Crippen molar-refractivity contribution in [1.29, 1.82) is 0 Å². The Morgan fingerprint density at radius 1 is 1.67 bits per heavy atom. The Labute approximate surface area is 38.4 Å². The van der Waals surface area contributed by atoms with Gasteiger partial charge >= 0.3 is 0 Å². The summed E-state index contributed by atoms with van der Waals surface area (Å²) in [6.45, 7) is 4.04. The van der Waals surface area contributed by atoms with Crippen LogP contribution >= 0.6 is 0 Å². The highest BCUT2D eigenvalue weighted by Crippen LogP contribution is 1.92. The SMILES string of the molecule is CC(C)C[13CH]=O. The molecule has 0 spiro atoms. The average Bonchev–Trinajstić information content (AvgIpc) is 1.35. The van der Waals surface area contributed by atoms with Gasteiger partial charge in [-0.3, -0.25) is 0 Å². The fourth-order valence-electron chi connectivity index (χ4n) is 0.192. The molecule has 0 aromatic carbocycles. The predicted octanol–water partition coefficient (Wildman–Crippen LogP) is 1.23. The van der Waals surface area contributed by atoms with Gasteiger partial charge in [-0.1, -0.05) is 13.8 Å². The molecule has 0 bridgehead atoms. The third-order valence-corrected chi connectivity index (χ3v) is 0.568. The Balaban J connectivity index is 2.81. The first-order chi connectivity index (χ1) is 2.77. The molecule has 1 heteroatoms. The molecule has 0 fully saturated rings. The first-order valence-corrected chi connectivity index (χ1v) is 2.21. The van der Waals surface area contributed by atoms with Gasteiger partial charge in [-0.15, -0.1) is 0 Å². The van der Waals surface area contributed by atoms with Crippen molar-refractivity contribution in [3.8, 4) is 0 Å². The first kappa shape index (κ1) is 5.67. The zero-order valence-electron chi connectivity index (χ0n) is 4.27. The molecule has 1 nitrogen and oxygen atoms in total. The standard InChI is InChI=1S/C5H10O/c1-5(2)3-4-6/h4-5H,3H2,1-2H3/i4+1. The molecular weight excluding hydrogens is 77.0 g/mol. The van der Waals surface area contributed by atoms with Gasteiger partial charge in [0.05, 0.1) is 0 Å². The molecule has 0 aromatic rings. The molecule has 0 saturated heterocycles. The fourth-order valence-corrected chi connectivity index (χ4v) is 0.192. The van der Waals surface area contributed by atoms with Gasteiger partial charge < -0.3 is 4.79 Å². The first-order valence-electron chi connectivity index (χ1n) is 2.21. The number of hydrogen-bond donors (Lipinski definition) is 0. The van der Waals surface area contributed by atoms with E-state index < -0.39 is 0 Å². The maximum Gasteiger partial charge on any atom is 0.120 e. The smallest absolute Gasteiger partial charge is 0.120 e. The average molecular weight is 87.1 g/mol. The second-order valence-electron chi connectivity index (χ2n) is 1.80. The lowest BCUT2D eigenvalue weighted by Gasteiger charge is -1.89. The van der Waals surface area contributed by atoms with Crippen molar-refractivity contribution in [2.75, 3.05) is 0 Å². The van der Waals surface area contributed by atoms with Crippen LogP contribution in [-0.2, 0) is 4.79 Å². The van der Waals surface area contributed by atoms with Gasteiger partial charge in [-0.05, 0) is 5.92 Å². The van der Waals surface area contributed by atoms with Crippen molar-refractivity contribution in [2.24, 2.45) is 5.92 Å². The normalized spacial score (nSPS) is 9.17. The molecule has 0 rings (SSSR count). The van der Waals surface area contributed by atoms with Gasteiger partial charge in [0, 0.05) is 6.42 Å². The van der Waals surface area contributed by atoms with E-state index in [9.17, 15) is 4.79 Å². The van der Waals surface area contributed by atoms with Crippen molar-refractivity contribution in [3.05, 3.63) is 0 Å². The van der Waals surface area contributed by atoms with E-state index in [4.69, 9.17) is 0 Å². The number of aldehydes is 1. The zero-order valence-corrected chi connectivity index (χ0v) is 4.27. The van der Waals surface area contributed by atoms with Crippen LogP contribution in [0.15, 0.2) is 0 Å². The van der Waals surface area contributed by atoms with E-state index in [1.807, 2.05) is 13.8 Å². The van der Waals surface area contributed by atoms with Crippen LogP contribution in [0.5, 0.6) is 0 Å². The number of hydrogen-bond acceptors (Lipinski definition) is 1. The van der Waals surface area contributed by atoms with Crippen LogP contribution in [0, 0.1) is 5.92 Å². The summed E-state index contributed by atoms with van der Waals surface area (Å²) < 4.78 is 0. The molecule has 36 valence electrons. The molecule has 0 aliphatic carbocycles. The van der Waals surface area contributed by atoms with Crippen molar-refractivity contribution < 1.29 is 4.79 Å². The third kappa shape index (κ3) is 3.67. The minimum Gasteiger partial charge on any atom is -0.303 e. The van der Waals surface area contributed by atoms with Crippen LogP contribution in [0.25, 0.3) is 0 Å². The predicted molar refractivity (Wildman–Crippen MR) is 25.5 cm³/mol. The molecule has 0 amide bonds. The number of carbonyl (C=O) groups excluding carboxylic acids is 1. The van der Waals surface area contributed by atoms with Crippen LogP contribution in [0.2, 0.25) is 0 Å². The summed E-state index contributed by atoms with van der Waals surface area (Å²) in [4.78, 5) is 9.62. The summed E-state index contributed by atoms with van der Waals surface area (Å²) in [7, 11) is 0. The molecule has 0 heterocycles. The minimum atomic E-state index is 0.530. The molecule has 0 unspecified atom stereocenters. The second kappa shape index (κ2) is 2.88. The van der Waals surface area contributed by atoms with Crippen molar-refractivity contribution in [3.63, 3.8) is 0 Å². The summed E-state index contributed by atoms with van der Waals surface area (Å²) in [6.07, 6.45) is 1.64. The van der Waals surface area contributed by atoms with Crippen molar-refractivity contribution in [1.82, 2.24) is 0 Å². The van der Waals surface area contributed by atoms with Gasteiger partial charge in [0.1, 0.15) is 6.29 Å². The number of rotatable bonds is 2. The van der Waals surface area contributed by atoms with Gasteiger partial charge in [0.25, 0.3) is 0 Å². The summed E-state index contributed by atoms with van der Waals surface area (Å²) in [5.74, 6) is 0.530. The topological polar surface area (TPSA) is 17.1 Å². The molecule has 0 saturated carbocycles. The summed E-state index contributed by atoms with van der Waals surface area (Å²) in [6, 6.07) is 0. The molecule has 0 aromatic heterocycles. The molecule has 6 heavy (non-hydrogen) atoms. The Kier molecular flexibility index (Phi) is 2.73. The lowest BCUT2D eigenvalue weighted by atomic mass is 10.2. The van der Waals surface area contributed by atoms with Gasteiger partial charge in [0.2, 0.25) is 0 Å². The Hall–Kier alpha value is -0.330. The second-order valence-corrected chi connectivity index (χ2v) is 1.80. The Morgan fingerprint density at radius 2 is 2.17 bits per heavy atom. The maximum atomic E-state index is 9.62. The van der Waals surface area contributed by atoms with E-state index in [2.05, 4.69) is 0 Å². The highest BCUT2D eigenvalue weighted by Gasteiger charge is 1.85. The van der Waals surface area contributed by atoms with Crippen LogP contribution < -0.4 is 0 Å². The van der Waals surface area contributed by atoms with Gasteiger partial charge in [-0.25, -0.2) is 0 Å². The van der Waals surface area contributed by atoms with Crippen molar-refractivity contribution >= 4 is 6.29 Å². The van der Waals surface area contributed by atoms with Gasteiger partial charge in [0.15, 0.2) is 0 Å². The highest BCUT2D eigenvalue weighted by atomic mass is 16.2. The van der Waals surface area contributed by atoms with E-state index in [-0.39, 0.29) is 0 Å². The molecular formula is C5H10O. The zero-order chi connectivity index (χ0) is 4.99.